The number of pyridine rings is 1. The molecular weight excluding hydrogens is 522 g/mol. The second-order valence-electron chi connectivity index (χ2n) is 9.65. The van der Waals surface area contributed by atoms with Gasteiger partial charge in [0.1, 0.15) is 11.6 Å². The number of aliphatic hydroxyl groups excluding tert-OH is 1. The van der Waals surface area contributed by atoms with Crippen molar-refractivity contribution >= 4 is 21.4 Å². The summed E-state index contributed by atoms with van der Waals surface area (Å²) in [5.74, 6) is 0.0660. The summed E-state index contributed by atoms with van der Waals surface area (Å²) in [6, 6.07) is 7.63. The Morgan fingerprint density at radius 3 is 2.36 bits per heavy atom. The van der Waals surface area contributed by atoms with E-state index in [2.05, 4.69) is 24.1 Å². The summed E-state index contributed by atoms with van der Waals surface area (Å²) in [6.45, 7) is 9.72. The van der Waals surface area contributed by atoms with Gasteiger partial charge in [0, 0.05) is 18.2 Å². The molecule has 0 aliphatic rings. The highest BCUT2D eigenvalue weighted by molar-refractivity contribution is 7.89. The smallest absolute Gasteiger partial charge is 0.281 e. The van der Waals surface area contributed by atoms with Crippen molar-refractivity contribution in [2.24, 2.45) is 16.1 Å². The van der Waals surface area contributed by atoms with Crippen molar-refractivity contribution in [2.45, 2.75) is 71.4 Å². The number of hydrogen-bond acceptors (Lipinski definition) is 9. The first-order valence-corrected chi connectivity index (χ1v) is 14.5. The SMILES string of the molecule is CCN(C(C)CCCC(C)C)S(=O)(=O)c1ccc(N=Nc2c(C)c(C#N)c(O)n(CCOCCO)c2=O)cc1. The molecule has 0 radical (unpaired) electrons. The zero-order chi connectivity index (χ0) is 29.2. The van der Waals surface area contributed by atoms with E-state index in [1.54, 1.807) is 0 Å². The van der Waals surface area contributed by atoms with Gasteiger partial charge in [0.05, 0.1) is 36.9 Å². The van der Waals surface area contributed by atoms with E-state index < -0.39 is 21.5 Å². The van der Waals surface area contributed by atoms with Crippen molar-refractivity contribution in [2.75, 3.05) is 26.4 Å². The van der Waals surface area contributed by atoms with Crippen LogP contribution in [-0.4, -0.2) is 59.9 Å². The fraction of sp³-hybridized carbons (Fsp3) is 0.556. The summed E-state index contributed by atoms with van der Waals surface area (Å²) in [6.07, 6.45) is 2.77. The minimum absolute atomic E-state index is 0.0274. The number of hydrogen-bond donors (Lipinski definition) is 2. The van der Waals surface area contributed by atoms with E-state index in [0.717, 1.165) is 23.8 Å². The highest BCUT2D eigenvalue weighted by Gasteiger charge is 2.27. The van der Waals surface area contributed by atoms with Crippen molar-refractivity contribution in [3.8, 4) is 11.9 Å². The molecular formula is C27H39N5O6S. The lowest BCUT2D eigenvalue weighted by atomic mass is 10.0. The third kappa shape index (κ3) is 8.19. The molecule has 11 nitrogen and oxygen atoms in total. The van der Waals surface area contributed by atoms with Crippen LogP contribution < -0.4 is 5.56 Å². The second kappa shape index (κ2) is 14.9. The zero-order valence-corrected chi connectivity index (χ0v) is 24.1. The number of benzene rings is 1. The number of nitriles is 1. The Morgan fingerprint density at radius 1 is 1.13 bits per heavy atom. The molecule has 0 saturated heterocycles. The van der Waals surface area contributed by atoms with Crippen LogP contribution in [0.25, 0.3) is 0 Å². The number of azo groups is 1. The predicted molar refractivity (Wildman–Crippen MR) is 148 cm³/mol. The van der Waals surface area contributed by atoms with Crippen molar-refractivity contribution in [3.63, 3.8) is 0 Å². The molecule has 0 spiro atoms. The van der Waals surface area contributed by atoms with Gasteiger partial charge in [-0.3, -0.25) is 9.36 Å². The van der Waals surface area contributed by atoms with E-state index >= 15 is 0 Å². The Kier molecular flexibility index (Phi) is 12.3. The number of aromatic hydroxyl groups is 1. The molecule has 12 heteroatoms. The molecule has 1 atom stereocenters. The van der Waals surface area contributed by atoms with Gasteiger partial charge in [0.25, 0.3) is 5.56 Å². The van der Waals surface area contributed by atoms with Gasteiger partial charge in [0.2, 0.25) is 15.9 Å². The zero-order valence-electron chi connectivity index (χ0n) is 23.3. The number of rotatable bonds is 15. The van der Waals surface area contributed by atoms with Gasteiger partial charge in [-0.25, -0.2) is 8.42 Å². The Hall–Kier alpha value is -3.11. The molecule has 0 saturated carbocycles. The van der Waals surface area contributed by atoms with Crippen LogP contribution in [0.5, 0.6) is 5.88 Å². The molecule has 0 aliphatic carbocycles. The Morgan fingerprint density at radius 2 is 1.79 bits per heavy atom. The molecule has 1 heterocycles. The minimum atomic E-state index is -3.71. The van der Waals surface area contributed by atoms with Crippen molar-refractivity contribution < 1.29 is 23.4 Å². The quantitative estimate of drug-likeness (QED) is 0.241. The standard InChI is InChI=1S/C27H39N5O6S/c1-6-32(20(4)9-7-8-19(2)3)39(36,37)23-12-10-22(11-13-23)29-30-25-21(5)24(18-28)26(34)31(27(25)35)14-16-38-17-15-33/h10-13,19-20,33-34H,6-9,14-17H2,1-5H3. The van der Waals surface area contributed by atoms with E-state index in [1.807, 2.05) is 19.9 Å². The maximum absolute atomic E-state index is 13.3. The summed E-state index contributed by atoms with van der Waals surface area (Å²) in [4.78, 5) is 13.1. The highest BCUT2D eigenvalue weighted by Crippen LogP contribution is 2.28. The fourth-order valence-electron chi connectivity index (χ4n) is 4.20. The van der Waals surface area contributed by atoms with Gasteiger partial charge in [-0.05, 0) is 50.5 Å². The first-order chi connectivity index (χ1) is 18.5. The Balaban J connectivity index is 2.30. The average molecular weight is 562 g/mol. The van der Waals surface area contributed by atoms with Crippen molar-refractivity contribution in [1.82, 2.24) is 8.87 Å². The molecule has 2 N–H and O–H groups in total. The summed E-state index contributed by atoms with van der Waals surface area (Å²) >= 11 is 0. The molecule has 214 valence electrons. The van der Waals surface area contributed by atoms with E-state index in [0.29, 0.717) is 18.2 Å². The largest absolute Gasteiger partial charge is 0.493 e. The van der Waals surface area contributed by atoms with Crippen molar-refractivity contribution in [1.29, 1.82) is 5.26 Å². The number of sulfonamides is 1. The van der Waals surface area contributed by atoms with E-state index in [4.69, 9.17) is 9.84 Å². The van der Waals surface area contributed by atoms with E-state index in [9.17, 15) is 23.6 Å². The van der Waals surface area contributed by atoms with Gasteiger partial charge in [-0.15, -0.1) is 5.11 Å². The van der Waals surface area contributed by atoms with Crippen LogP contribution in [0, 0.1) is 24.2 Å². The van der Waals surface area contributed by atoms with Gasteiger partial charge in [-0.2, -0.15) is 14.7 Å². The van der Waals surface area contributed by atoms with Crippen LogP contribution in [-0.2, 0) is 21.3 Å². The van der Waals surface area contributed by atoms with E-state index in [1.165, 1.54) is 35.5 Å². The number of ether oxygens (including phenoxy) is 1. The fourth-order valence-corrected chi connectivity index (χ4v) is 5.87. The van der Waals surface area contributed by atoms with Gasteiger partial charge in [-0.1, -0.05) is 33.6 Å². The third-order valence-corrected chi connectivity index (χ3v) is 8.48. The summed E-state index contributed by atoms with van der Waals surface area (Å²) in [5, 5.41) is 36.9. The minimum Gasteiger partial charge on any atom is -0.493 e. The molecule has 1 unspecified atom stereocenters. The molecule has 2 rings (SSSR count). The topological polar surface area (TPSA) is 158 Å². The molecule has 1 aromatic heterocycles. The Bertz CT molecular complexity index is 1330. The van der Waals surface area contributed by atoms with Crippen LogP contribution in [0.2, 0.25) is 0 Å². The van der Waals surface area contributed by atoms with Crippen LogP contribution in [0.4, 0.5) is 11.4 Å². The molecule has 0 fully saturated rings. The van der Waals surface area contributed by atoms with Crippen LogP contribution in [0.3, 0.4) is 0 Å². The van der Waals surface area contributed by atoms with Crippen LogP contribution in [0.15, 0.2) is 44.2 Å². The highest BCUT2D eigenvalue weighted by atomic mass is 32.2. The summed E-state index contributed by atoms with van der Waals surface area (Å²) in [7, 11) is -3.71. The average Bonchev–Trinajstić information content (AvgIpc) is 2.88. The first-order valence-electron chi connectivity index (χ1n) is 13.1. The normalized spacial score (nSPS) is 12.9. The van der Waals surface area contributed by atoms with Crippen molar-refractivity contribution in [3.05, 3.63) is 45.7 Å². The number of nitrogens with zero attached hydrogens (tertiary/aromatic N) is 5. The van der Waals surface area contributed by atoms with Gasteiger partial charge < -0.3 is 14.9 Å². The third-order valence-electron chi connectivity index (χ3n) is 6.38. The van der Waals surface area contributed by atoms with E-state index in [-0.39, 0.29) is 54.1 Å². The number of aliphatic hydroxyl groups is 1. The molecule has 0 bridgehead atoms. The molecule has 0 amide bonds. The van der Waals surface area contributed by atoms with Gasteiger partial charge >= 0.3 is 0 Å². The lowest BCUT2D eigenvalue weighted by Crippen LogP contribution is -2.38. The summed E-state index contributed by atoms with van der Waals surface area (Å²) < 4.78 is 34.2. The maximum atomic E-state index is 13.3. The van der Waals surface area contributed by atoms with Crippen LogP contribution in [0.1, 0.15) is 58.1 Å². The maximum Gasteiger partial charge on any atom is 0.281 e. The molecule has 0 aliphatic heterocycles. The predicted octanol–water partition coefficient (Wildman–Crippen LogP) is 4.38. The molecule has 2 aromatic rings. The lowest BCUT2D eigenvalue weighted by molar-refractivity contribution is 0.0854. The van der Waals surface area contributed by atoms with Gasteiger partial charge in [0.15, 0.2) is 5.69 Å². The molecule has 39 heavy (non-hydrogen) atoms. The first kappa shape index (κ1) is 32.1. The second-order valence-corrected chi connectivity index (χ2v) is 11.5. The summed E-state index contributed by atoms with van der Waals surface area (Å²) in [5.41, 5.74) is -0.430. The molecule has 1 aromatic carbocycles. The lowest BCUT2D eigenvalue weighted by Gasteiger charge is -2.27. The number of aromatic nitrogens is 1. The monoisotopic (exact) mass is 561 g/mol. The Labute approximate surface area is 230 Å². The van der Waals surface area contributed by atoms with Crippen LogP contribution >= 0.6 is 0 Å².